The Morgan fingerprint density at radius 2 is 1.60 bits per heavy atom. The van der Waals surface area contributed by atoms with E-state index in [1.54, 1.807) is 0 Å². The Morgan fingerprint density at radius 1 is 0.867 bits per heavy atom. The Balaban J connectivity index is 0.933. The molecule has 7 heteroatoms. The number of nitrogens with zero attached hydrogens (tertiary/aromatic N) is 1. The van der Waals surface area contributed by atoms with Crippen LogP contribution in [0.15, 0.2) is 0 Å². The van der Waals surface area contributed by atoms with Crippen molar-refractivity contribution in [3.63, 3.8) is 0 Å². The van der Waals surface area contributed by atoms with E-state index in [0.717, 1.165) is 52.0 Å². The topological polar surface area (TPSA) is 79.9 Å². The number of nitrogens with one attached hydrogen (secondary N) is 2. The van der Waals surface area contributed by atoms with Gasteiger partial charge in [-0.2, -0.15) is 0 Å². The standard InChI is InChI=1S/C38H61N3O4/c1-23-9-12-38(44-22-23)24(2)33-29(45-38)17-37(6)30-8-7-27-15-28(10-11-34(27,3)35(30,4)13-14-36(33,37)5)40-31(42)16-32(43)41-20-25-18-39-19-26(25)21-41/h23-30,33,39H,7-22H2,1-6H3,(H,40,42)/t23-,24-,25?,26?,27+,28-,29-,30+,33-,34-,35-,36+,37-,38+/m0/s1. The molecule has 0 radical (unpaired) electrons. The Morgan fingerprint density at radius 3 is 2.31 bits per heavy atom. The van der Waals surface area contributed by atoms with Gasteiger partial charge in [0.25, 0.3) is 0 Å². The third-order valence-corrected chi connectivity index (χ3v) is 17.0. The lowest BCUT2D eigenvalue weighted by molar-refractivity contribution is -0.279. The maximum Gasteiger partial charge on any atom is 0.232 e. The molecule has 2 unspecified atom stereocenters. The number of carbonyl (C=O) groups excluding carboxylic acids is 2. The Labute approximate surface area is 272 Å². The first-order chi connectivity index (χ1) is 21.3. The minimum atomic E-state index is -0.352. The second-order valence-corrected chi connectivity index (χ2v) is 18.6. The summed E-state index contributed by atoms with van der Waals surface area (Å²) in [6, 6.07) is 0.199. The van der Waals surface area contributed by atoms with Gasteiger partial charge in [0.15, 0.2) is 5.79 Å². The predicted octanol–water partition coefficient (Wildman–Crippen LogP) is 5.77. The van der Waals surface area contributed by atoms with Crippen molar-refractivity contribution in [2.45, 2.75) is 130 Å². The maximum absolute atomic E-state index is 13.1. The van der Waals surface area contributed by atoms with E-state index in [9.17, 15) is 9.59 Å². The zero-order valence-corrected chi connectivity index (χ0v) is 29.1. The molecule has 4 aliphatic heterocycles. The smallest absolute Gasteiger partial charge is 0.232 e. The van der Waals surface area contributed by atoms with Crippen LogP contribution in [0.2, 0.25) is 0 Å². The van der Waals surface area contributed by atoms with Crippen molar-refractivity contribution in [2.24, 2.45) is 63.1 Å². The molecule has 252 valence electrons. The van der Waals surface area contributed by atoms with Gasteiger partial charge in [-0.1, -0.05) is 41.5 Å². The first kappa shape index (κ1) is 31.1. The van der Waals surface area contributed by atoms with Gasteiger partial charge in [0.2, 0.25) is 11.8 Å². The van der Waals surface area contributed by atoms with Gasteiger partial charge in [0.05, 0.1) is 12.7 Å². The van der Waals surface area contributed by atoms with Crippen molar-refractivity contribution in [2.75, 3.05) is 32.8 Å². The predicted molar refractivity (Wildman–Crippen MR) is 174 cm³/mol. The summed E-state index contributed by atoms with van der Waals surface area (Å²) in [4.78, 5) is 28.0. The molecule has 14 atom stereocenters. The third kappa shape index (κ3) is 4.30. The van der Waals surface area contributed by atoms with E-state index < -0.39 is 0 Å². The van der Waals surface area contributed by atoms with Crippen LogP contribution in [0.25, 0.3) is 0 Å². The molecule has 0 aromatic heterocycles. The summed E-state index contributed by atoms with van der Waals surface area (Å²) in [7, 11) is 0. The van der Waals surface area contributed by atoms with Crippen LogP contribution in [0.1, 0.15) is 112 Å². The molecule has 45 heavy (non-hydrogen) atoms. The van der Waals surface area contributed by atoms with Gasteiger partial charge in [-0.05, 0) is 115 Å². The van der Waals surface area contributed by atoms with Crippen molar-refractivity contribution in [1.29, 1.82) is 0 Å². The molecule has 2 N–H and O–H groups in total. The number of amides is 2. The van der Waals surface area contributed by atoms with E-state index >= 15 is 0 Å². The van der Waals surface area contributed by atoms with Crippen molar-refractivity contribution in [3.8, 4) is 0 Å². The van der Waals surface area contributed by atoms with E-state index in [1.807, 2.05) is 4.90 Å². The molecule has 7 nitrogen and oxygen atoms in total. The zero-order chi connectivity index (χ0) is 31.6. The van der Waals surface area contributed by atoms with E-state index in [4.69, 9.17) is 9.47 Å². The lowest BCUT2D eigenvalue weighted by Crippen LogP contribution is -2.64. The largest absolute Gasteiger partial charge is 0.353 e. The first-order valence-electron chi connectivity index (χ1n) is 18.9. The van der Waals surface area contributed by atoms with Gasteiger partial charge in [-0.25, -0.2) is 0 Å². The molecule has 1 spiro atoms. The number of carbonyl (C=O) groups is 2. The highest BCUT2D eigenvalue weighted by molar-refractivity contribution is 5.97. The van der Waals surface area contributed by atoms with Gasteiger partial charge in [-0.15, -0.1) is 0 Å². The highest BCUT2D eigenvalue weighted by Crippen LogP contribution is 2.79. The molecule has 4 heterocycles. The van der Waals surface area contributed by atoms with Crippen LogP contribution in [0, 0.1) is 63.1 Å². The molecule has 8 fully saturated rings. The minimum absolute atomic E-state index is 0.0101. The summed E-state index contributed by atoms with van der Waals surface area (Å²) in [6.07, 6.45) is 12.2. The van der Waals surface area contributed by atoms with Gasteiger partial charge in [-0.3, -0.25) is 9.59 Å². The number of likely N-dealkylation sites (tertiary alicyclic amines) is 1. The van der Waals surface area contributed by atoms with Crippen LogP contribution in [0.4, 0.5) is 0 Å². The lowest BCUT2D eigenvalue weighted by atomic mass is 9.35. The molecule has 8 rings (SSSR count). The molecule has 4 saturated heterocycles. The Hall–Kier alpha value is -1.18. The van der Waals surface area contributed by atoms with Crippen LogP contribution >= 0.6 is 0 Å². The van der Waals surface area contributed by atoms with Crippen LogP contribution in [0.3, 0.4) is 0 Å². The maximum atomic E-state index is 13.1. The van der Waals surface area contributed by atoms with Gasteiger partial charge >= 0.3 is 0 Å². The summed E-state index contributed by atoms with van der Waals surface area (Å²) in [5, 5.41) is 6.78. The molecule has 4 saturated carbocycles. The van der Waals surface area contributed by atoms with Crippen molar-refractivity contribution in [1.82, 2.24) is 15.5 Å². The quantitative estimate of drug-likeness (QED) is 0.391. The second kappa shape index (κ2) is 10.4. The summed E-state index contributed by atoms with van der Waals surface area (Å²) in [5.74, 6) is 3.73. The number of fused-ring (bicyclic) bond motifs is 8. The molecular formula is C38H61N3O4. The fourth-order valence-electron chi connectivity index (χ4n) is 13.9. The van der Waals surface area contributed by atoms with Crippen LogP contribution in [-0.4, -0.2) is 67.4 Å². The summed E-state index contributed by atoms with van der Waals surface area (Å²) in [6.45, 7) is 19.8. The zero-order valence-electron chi connectivity index (χ0n) is 29.1. The van der Waals surface area contributed by atoms with Crippen molar-refractivity contribution in [3.05, 3.63) is 0 Å². The Kier molecular flexibility index (Phi) is 7.20. The normalized spacial score (nSPS) is 55.1. The lowest BCUT2D eigenvalue weighted by Gasteiger charge is -2.70. The minimum Gasteiger partial charge on any atom is -0.353 e. The van der Waals surface area contributed by atoms with Crippen molar-refractivity contribution < 1.29 is 19.1 Å². The summed E-state index contributed by atoms with van der Waals surface area (Å²) in [5.41, 5.74) is 1.14. The highest BCUT2D eigenvalue weighted by Gasteiger charge is 2.75. The van der Waals surface area contributed by atoms with Crippen molar-refractivity contribution >= 4 is 11.8 Å². The fraction of sp³-hybridized carbons (Fsp3) is 0.947. The molecule has 0 aromatic carbocycles. The molecule has 4 aliphatic carbocycles. The van der Waals surface area contributed by atoms with Crippen LogP contribution in [-0.2, 0) is 19.1 Å². The van der Waals surface area contributed by atoms with Gasteiger partial charge in [0, 0.05) is 44.6 Å². The monoisotopic (exact) mass is 623 g/mol. The van der Waals surface area contributed by atoms with Crippen LogP contribution < -0.4 is 10.6 Å². The van der Waals surface area contributed by atoms with E-state index in [0.29, 0.717) is 52.9 Å². The van der Waals surface area contributed by atoms with Gasteiger partial charge < -0.3 is 25.0 Å². The molecule has 0 bridgehead atoms. The number of ether oxygens (including phenoxy) is 2. The average molecular weight is 624 g/mol. The van der Waals surface area contributed by atoms with E-state index in [2.05, 4.69) is 52.2 Å². The fourth-order valence-corrected chi connectivity index (χ4v) is 13.9. The number of hydrogen-bond acceptors (Lipinski definition) is 5. The Bertz CT molecular complexity index is 1210. The molecule has 8 aliphatic rings. The first-order valence-corrected chi connectivity index (χ1v) is 18.9. The number of rotatable bonds is 3. The average Bonchev–Trinajstić information content (AvgIpc) is 3.71. The molecule has 2 amide bonds. The van der Waals surface area contributed by atoms with Crippen LogP contribution in [0.5, 0.6) is 0 Å². The molecule has 0 aromatic rings. The van der Waals surface area contributed by atoms with Gasteiger partial charge in [0.1, 0.15) is 6.42 Å². The summed E-state index contributed by atoms with van der Waals surface area (Å²) >= 11 is 0. The van der Waals surface area contributed by atoms with E-state index in [-0.39, 0.29) is 46.3 Å². The SMILES string of the molecule is C[C@H]1CC[C@@]2(OC1)O[C@H]1C[C@@]3(C)[C@@H]4CC[C@@H]5C[C@@H](NC(=O)CC(=O)N6CC7CNCC7C6)CC[C@]5(C)[C@@]4(C)CC[C@]3(C)[C@H]1[C@@H]2C. The van der Waals surface area contributed by atoms with E-state index in [1.165, 1.54) is 44.9 Å². The second-order valence-electron chi connectivity index (χ2n) is 18.6. The highest BCUT2D eigenvalue weighted by atomic mass is 16.7. The summed E-state index contributed by atoms with van der Waals surface area (Å²) < 4.78 is 13.7. The number of hydrogen-bond donors (Lipinski definition) is 2. The molecular weight excluding hydrogens is 562 g/mol. The third-order valence-electron chi connectivity index (χ3n) is 17.0.